The van der Waals surface area contributed by atoms with Gasteiger partial charge in [0.25, 0.3) is 5.91 Å². The highest BCUT2D eigenvalue weighted by Gasteiger charge is 2.24. The molecular formula is C22H26N6OS. The van der Waals surface area contributed by atoms with Crippen molar-refractivity contribution >= 4 is 39.2 Å². The third-order valence-electron chi connectivity index (χ3n) is 5.94. The van der Waals surface area contributed by atoms with Crippen LogP contribution in [0.5, 0.6) is 0 Å². The lowest BCUT2D eigenvalue weighted by Crippen LogP contribution is -2.49. The third-order valence-corrected chi connectivity index (χ3v) is 6.73. The van der Waals surface area contributed by atoms with E-state index in [9.17, 15) is 4.79 Å². The van der Waals surface area contributed by atoms with E-state index in [0.717, 1.165) is 59.4 Å². The van der Waals surface area contributed by atoms with Crippen LogP contribution in [0.3, 0.4) is 0 Å². The first-order valence-corrected chi connectivity index (χ1v) is 11.5. The van der Waals surface area contributed by atoms with Crippen molar-refractivity contribution in [3.63, 3.8) is 0 Å². The van der Waals surface area contributed by atoms with Crippen LogP contribution in [0.4, 0.5) is 11.8 Å². The number of aromatic nitrogens is 3. The Bertz CT molecular complexity index is 1050. The second-order valence-corrected chi connectivity index (χ2v) is 8.92. The molecule has 156 valence electrons. The Hall–Kier alpha value is -2.74. The highest BCUT2D eigenvalue weighted by Crippen LogP contribution is 2.23. The molecule has 30 heavy (non-hydrogen) atoms. The molecule has 2 aliphatic heterocycles. The van der Waals surface area contributed by atoms with E-state index in [-0.39, 0.29) is 5.91 Å². The standard InChI is InChI=1S/C22H26N6OS/c1-16-13-20(25-22(24-16)28-7-3-2-4-8-28)26-9-11-27(12-10-26)21(29)17-5-6-18-19(14-17)30-15-23-18/h5-6,13-15H,2-4,7-12H2,1H3. The summed E-state index contributed by atoms with van der Waals surface area (Å²) in [5.74, 6) is 1.92. The lowest BCUT2D eigenvalue weighted by molar-refractivity contribution is 0.0746. The Morgan fingerprint density at radius 3 is 2.53 bits per heavy atom. The van der Waals surface area contributed by atoms with Gasteiger partial charge in [0.2, 0.25) is 5.95 Å². The minimum Gasteiger partial charge on any atom is -0.353 e. The normalized spacial score (nSPS) is 17.6. The lowest BCUT2D eigenvalue weighted by Gasteiger charge is -2.36. The fraction of sp³-hybridized carbons (Fsp3) is 0.455. The van der Waals surface area contributed by atoms with Crippen molar-refractivity contribution in [1.82, 2.24) is 19.9 Å². The fourth-order valence-electron chi connectivity index (χ4n) is 4.24. The summed E-state index contributed by atoms with van der Waals surface area (Å²) in [7, 11) is 0. The van der Waals surface area contributed by atoms with Gasteiger partial charge in [0.1, 0.15) is 5.82 Å². The van der Waals surface area contributed by atoms with Gasteiger partial charge in [0, 0.05) is 56.6 Å². The van der Waals surface area contributed by atoms with E-state index in [4.69, 9.17) is 4.98 Å². The number of amides is 1. The number of piperidine rings is 1. The minimum absolute atomic E-state index is 0.0952. The Morgan fingerprint density at radius 2 is 1.73 bits per heavy atom. The molecule has 7 nitrogen and oxygen atoms in total. The first kappa shape index (κ1) is 19.2. The molecule has 8 heteroatoms. The number of benzene rings is 1. The summed E-state index contributed by atoms with van der Waals surface area (Å²) in [5.41, 5.74) is 4.51. The lowest BCUT2D eigenvalue weighted by atomic mass is 10.1. The number of nitrogens with zero attached hydrogens (tertiary/aromatic N) is 6. The first-order valence-electron chi connectivity index (χ1n) is 10.7. The zero-order valence-electron chi connectivity index (χ0n) is 17.3. The van der Waals surface area contributed by atoms with Gasteiger partial charge in [-0.15, -0.1) is 11.3 Å². The molecule has 0 unspecified atom stereocenters. The van der Waals surface area contributed by atoms with Crippen molar-refractivity contribution in [3.05, 3.63) is 41.0 Å². The fourth-order valence-corrected chi connectivity index (χ4v) is 4.96. The number of aryl methyl sites for hydroxylation is 1. The molecule has 1 amide bonds. The quantitative estimate of drug-likeness (QED) is 0.645. The maximum absolute atomic E-state index is 13.0. The number of hydrogen-bond acceptors (Lipinski definition) is 7. The average Bonchev–Trinajstić information content (AvgIpc) is 3.27. The van der Waals surface area contributed by atoms with Gasteiger partial charge in [-0.1, -0.05) is 0 Å². The molecular weight excluding hydrogens is 396 g/mol. The topological polar surface area (TPSA) is 65.5 Å². The van der Waals surface area contributed by atoms with Gasteiger partial charge in [0.15, 0.2) is 0 Å². The van der Waals surface area contributed by atoms with Gasteiger partial charge in [-0.2, -0.15) is 4.98 Å². The number of carbonyl (C=O) groups is 1. The highest BCUT2D eigenvalue weighted by molar-refractivity contribution is 7.16. The van der Waals surface area contributed by atoms with Crippen LogP contribution in [0.25, 0.3) is 10.2 Å². The molecule has 2 fully saturated rings. The van der Waals surface area contributed by atoms with Crippen molar-refractivity contribution in [2.24, 2.45) is 0 Å². The van der Waals surface area contributed by atoms with E-state index < -0.39 is 0 Å². The summed E-state index contributed by atoms with van der Waals surface area (Å²) in [6.07, 6.45) is 3.71. The van der Waals surface area contributed by atoms with Crippen LogP contribution in [-0.2, 0) is 0 Å². The molecule has 0 aliphatic carbocycles. The van der Waals surface area contributed by atoms with Crippen LogP contribution in [-0.4, -0.2) is 65.0 Å². The maximum atomic E-state index is 13.0. The summed E-state index contributed by atoms with van der Waals surface area (Å²) in [5, 5.41) is 0. The molecule has 2 saturated heterocycles. The maximum Gasteiger partial charge on any atom is 0.254 e. The van der Waals surface area contributed by atoms with Crippen molar-refractivity contribution < 1.29 is 4.79 Å². The predicted molar refractivity (Wildman–Crippen MR) is 121 cm³/mol. The van der Waals surface area contributed by atoms with Crippen LogP contribution in [0.1, 0.15) is 35.3 Å². The Balaban J connectivity index is 1.27. The second kappa shape index (κ2) is 8.18. The molecule has 1 aromatic carbocycles. The molecule has 0 spiro atoms. The third kappa shape index (κ3) is 3.84. The summed E-state index contributed by atoms with van der Waals surface area (Å²) in [6.45, 7) is 7.07. The summed E-state index contributed by atoms with van der Waals surface area (Å²) in [4.78, 5) is 33.3. The van der Waals surface area contributed by atoms with E-state index in [2.05, 4.69) is 25.8 Å². The number of rotatable bonds is 3. The number of carbonyl (C=O) groups excluding carboxylic acids is 1. The van der Waals surface area contributed by atoms with Crippen LogP contribution >= 0.6 is 11.3 Å². The van der Waals surface area contributed by atoms with Crippen molar-refractivity contribution in [2.45, 2.75) is 26.2 Å². The van der Waals surface area contributed by atoms with Crippen LogP contribution < -0.4 is 9.80 Å². The number of thiazole rings is 1. The van der Waals surface area contributed by atoms with E-state index in [1.165, 1.54) is 19.3 Å². The molecule has 5 rings (SSSR count). The van der Waals surface area contributed by atoms with Gasteiger partial charge in [0.05, 0.1) is 15.7 Å². The van der Waals surface area contributed by atoms with Gasteiger partial charge in [-0.25, -0.2) is 9.97 Å². The van der Waals surface area contributed by atoms with Gasteiger partial charge in [-0.05, 0) is 44.4 Å². The molecule has 0 atom stereocenters. The molecule has 0 radical (unpaired) electrons. The van der Waals surface area contributed by atoms with Crippen molar-refractivity contribution in [2.75, 3.05) is 49.1 Å². The average molecular weight is 423 g/mol. The molecule has 2 aromatic heterocycles. The van der Waals surface area contributed by atoms with Crippen LogP contribution in [0.2, 0.25) is 0 Å². The molecule has 0 bridgehead atoms. The van der Waals surface area contributed by atoms with Gasteiger partial charge >= 0.3 is 0 Å². The second-order valence-electron chi connectivity index (χ2n) is 8.03. The zero-order valence-corrected chi connectivity index (χ0v) is 18.1. The SMILES string of the molecule is Cc1cc(N2CCN(C(=O)c3ccc4ncsc4c3)CC2)nc(N2CCCCC2)n1. The van der Waals surface area contributed by atoms with Gasteiger partial charge in [-0.3, -0.25) is 4.79 Å². The summed E-state index contributed by atoms with van der Waals surface area (Å²) in [6, 6.07) is 7.83. The van der Waals surface area contributed by atoms with E-state index >= 15 is 0 Å². The van der Waals surface area contributed by atoms with Crippen LogP contribution in [0, 0.1) is 6.92 Å². The number of anilines is 2. The minimum atomic E-state index is 0.0952. The van der Waals surface area contributed by atoms with E-state index in [1.807, 2.05) is 35.5 Å². The smallest absolute Gasteiger partial charge is 0.254 e. The summed E-state index contributed by atoms with van der Waals surface area (Å²) < 4.78 is 1.06. The molecule has 3 aromatic rings. The van der Waals surface area contributed by atoms with Crippen molar-refractivity contribution in [1.29, 1.82) is 0 Å². The predicted octanol–water partition coefficient (Wildman–Crippen LogP) is 3.35. The van der Waals surface area contributed by atoms with E-state index in [1.54, 1.807) is 11.3 Å². The van der Waals surface area contributed by atoms with Crippen molar-refractivity contribution in [3.8, 4) is 0 Å². The van der Waals surface area contributed by atoms with Crippen LogP contribution in [0.15, 0.2) is 29.8 Å². The summed E-state index contributed by atoms with van der Waals surface area (Å²) >= 11 is 1.57. The molecule has 0 N–H and O–H groups in total. The highest BCUT2D eigenvalue weighted by atomic mass is 32.1. The molecule has 0 saturated carbocycles. The Kier molecular flexibility index (Phi) is 5.25. The zero-order chi connectivity index (χ0) is 20.5. The Labute approximate surface area is 180 Å². The largest absolute Gasteiger partial charge is 0.353 e. The molecule has 4 heterocycles. The monoisotopic (exact) mass is 422 g/mol. The number of fused-ring (bicyclic) bond motifs is 1. The van der Waals surface area contributed by atoms with E-state index in [0.29, 0.717) is 13.1 Å². The first-order chi connectivity index (χ1) is 14.7. The Morgan fingerprint density at radius 1 is 0.933 bits per heavy atom. The number of hydrogen-bond donors (Lipinski definition) is 0. The van der Waals surface area contributed by atoms with Gasteiger partial charge < -0.3 is 14.7 Å². The number of piperazine rings is 1. The molecule has 2 aliphatic rings.